The molecule has 2 nitrogen and oxygen atoms in total. The van der Waals surface area contributed by atoms with E-state index in [4.69, 9.17) is 0 Å². The Balaban J connectivity index is 1.17. The van der Waals surface area contributed by atoms with Gasteiger partial charge in [0.25, 0.3) is 0 Å². The quantitative estimate of drug-likeness (QED) is 0.251. The summed E-state index contributed by atoms with van der Waals surface area (Å²) in [5.74, 6) is 0. The smallest absolute Gasteiger partial charge is 0.0763 e. The second-order valence-corrected chi connectivity index (χ2v) is 9.46. The molecular formula is C34H30N2. The van der Waals surface area contributed by atoms with E-state index in [1.54, 1.807) is 0 Å². The highest BCUT2D eigenvalue weighted by molar-refractivity contribution is 6.20. The first-order valence-corrected chi connectivity index (χ1v) is 12.4. The van der Waals surface area contributed by atoms with Crippen molar-refractivity contribution in [1.82, 2.24) is 0 Å². The molecule has 1 aliphatic rings. The zero-order valence-corrected chi connectivity index (χ0v) is 20.7. The van der Waals surface area contributed by atoms with Crippen LogP contribution < -0.4 is 0 Å². The second-order valence-electron chi connectivity index (χ2n) is 9.46. The van der Waals surface area contributed by atoms with Crippen LogP contribution in [0.3, 0.4) is 0 Å². The summed E-state index contributed by atoms with van der Waals surface area (Å²) in [5, 5.41) is 8.99. The molecule has 0 unspecified atom stereocenters. The summed E-state index contributed by atoms with van der Waals surface area (Å²) < 4.78 is 0. The number of benzene rings is 4. The fraction of sp³-hybridized carbons (Fsp3) is 0.118. The predicted molar refractivity (Wildman–Crippen MR) is 154 cm³/mol. The zero-order valence-electron chi connectivity index (χ0n) is 20.7. The van der Waals surface area contributed by atoms with Gasteiger partial charge in [0.05, 0.1) is 11.4 Å². The third-order valence-electron chi connectivity index (χ3n) is 6.68. The van der Waals surface area contributed by atoms with E-state index in [0.29, 0.717) is 0 Å². The van der Waals surface area contributed by atoms with Crippen molar-refractivity contribution in [3.8, 4) is 0 Å². The molecule has 0 atom stereocenters. The van der Waals surface area contributed by atoms with E-state index in [1.807, 2.05) is 6.07 Å². The maximum atomic E-state index is 4.49. The lowest BCUT2D eigenvalue weighted by molar-refractivity contribution is 1.25. The van der Waals surface area contributed by atoms with E-state index in [0.717, 1.165) is 53.0 Å². The highest BCUT2D eigenvalue weighted by Gasteiger charge is 2.16. The van der Waals surface area contributed by atoms with Crippen molar-refractivity contribution in [2.45, 2.75) is 26.2 Å². The molecule has 0 aromatic heterocycles. The lowest BCUT2D eigenvalue weighted by Gasteiger charge is -2.09. The molecule has 176 valence electrons. The average molecular weight is 467 g/mol. The van der Waals surface area contributed by atoms with Crippen molar-refractivity contribution in [1.29, 1.82) is 0 Å². The van der Waals surface area contributed by atoms with Crippen LogP contribution in [0.15, 0.2) is 126 Å². The third kappa shape index (κ3) is 5.50. The van der Waals surface area contributed by atoms with Gasteiger partial charge in [-0.25, -0.2) is 0 Å². The van der Waals surface area contributed by atoms with Crippen LogP contribution in [0, 0.1) is 6.92 Å². The summed E-state index contributed by atoms with van der Waals surface area (Å²) in [4.78, 5) is 0. The molecule has 4 aromatic carbocycles. The molecule has 4 aromatic rings. The van der Waals surface area contributed by atoms with Crippen LogP contribution in [0.5, 0.6) is 0 Å². The van der Waals surface area contributed by atoms with E-state index in [1.165, 1.54) is 27.8 Å². The molecule has 36 heavy (non-hydrogen) atoms. The Morgan fingerprint density at radius 2 is 1.03 bits per heavy atom. The molecule has 1 heterocycles. The Hall–Kier alpha value is -4.30. The van der Waals surface area contributed by atoms with Crippen LogP contribution in [-0.4, -0.2) is 11.4 Å². The Morgan fingerprint density at radius 3 is 1.50 bits per heavy atom. The maximum absolute atomic E-state index is 4.49. The van der Waals surface area contributed by atoms with Gasteiger partial charge < -0.3 is 0 Å². The van der Waals surface area contributed by atoms with Crippen LogP contribution in [0.2, 0.25) is 0 Å². The van der Waals surface area contributed by atoms with Gasteiger partial charge in [-0.15, -0.1) is 0 Å². The number of hydrogen-bond acceptors (Lipinski definition) is 2. The summed E-state index contributed by atoms with van der Waals surface area (Å²) in [6.07, 6.45) is 2.41. The topological polar surface area (TPSA) is 24.7 Å². The monoisotopic (exact) mass is 466 g/mol. The van der Waals surface area contributed by atoms with Crippen molar-refractivity contribution in [3.05, 3.63) is 155 Å². The Kier molecular flexibility index (Phi) is 6.86. The van der Waals surface area contributed by atoms with Gasteiger partial charge in [-0.2, -0.15) is 10.2 Å². The normalized spacial score (nSPS) is 12.7. The largest absolute Gasteiger partial charge is 0.154 e. The second kappa shape index (κ2) is 10.5. The van der Waals surface area contributed by atoms with Crippen molar-refractivity contribution < 1.29 is 0 Å². The number of aryl methyl sites for hydroxylation is 1. The summed E-state index contributed by atoms with van der Waals surface area (Å²) in [6, 6.07) is 36.2. The van der Waals surface area contributed by atoms with Gasteiger partial charge in [-0.05, 0) is 64.3 Å². The minimum atomic E-state index is 0.742. The Bertz CT molecular complexity index is 1440. The van der Waals surface area contributed by atoms with Crippen LogP contribution in [0.25, 0.3) is 11.1 Å². The molecule has 0 radical (unpaired) electrons. The van der Waals surface area contributed by atoms with E-state index in [-0.39, 0.29) is 0 Å². The molecule has 0 bridgehead atoms. The SMILES string of the molecule is C=C(Cc1ccc(C2=NN=C(c3ccc(CC(=C)c4ccc(C)cc4)cc3)C2)cc1)c1ccccc1. The first kappa shape index (κ1) is 23.4. The van der Waals surface area contributed by atoms with E-state index < -0.39 is 0 Å². The van der Waals surface area contributed by atoms with Gasteiger partial charge in [0.1, 0.15) is 0 Å². The van der Waals surface area contributed by atoms with Gasteiger partial charge in [-0.1, -0.05) is 122 Å². The van der Waals surface area contributed by atoms with E-state index in [2.05, 4.69) is 127 Å². The minimum absolute atomic E-state index is 0.742. The maximum Gasteiger partial charge on any atom is 0.0763 e. The Morgan fingerprint density at radius 1 is 0.583 bits per heavy atom. The molecule has 0 fully saturated rings. The Labute approximate surface area is 214 Å². The molecule has 0 saturated heterocycles. The number of rotatable bonds is 8. The number of allylic oxidation sites excluding steroid dienone is 2. The van der Waals surface area contributed by atoms with Gasteiger partial charge >= 0.3 is 0 Å². The molecule has 0 N–H and O–H groups in total. The van der Waals surface area contributed by atoms with E-state index >= 15 is 0 Å². The van der Waals surface area contributed by atoms with Crippen LogP contribution in [0.4, 0.5) is 0 Å². The van der Waals surface area contributed by atoms with Gasteiger partial charge in [-0.3, -0.25) is 0 Å². The first-order chi connectivity index (χ1) is 17.5. The lowest BCUT2D eigenvalue weighted by Crippen LogP contribution is -2.05. The fourth-order valence-corrected chi connectivity index (χ4v) is 4.46. The van der Waals surface area contributed by atoms with Crippen molar-refractivity contribution in [2.24, 2.45) is 10.2 Å². The van der Waals surface area contributed by atoms with Gasteiger partial charge in [0, 0.05) is 6.42 Å². The molecule has 5 rings (SSSR count). The van der Waals surface area contributed by atoms with Crippen molar-refractivity contribution in [2.75, 3.05) is 0 Å². The van der Waals surface area contributed by atoms with E-state index in [9.17, 15) is 0 Å². The number of hydrogen-bond donors (Lipinski definition) is 0. The number of nitrogens with zero attached hydrogens (tertiary/aromatic N) is 2. The lowest BCUT2D eigenvalue weighted by atomic mass is 9.95. The highest BCUT2D eigenvalue weighted by Crippen LogP contribution is 2.22. The summed E-state index contributed by atoms with van der Waals surface area (Å²) in [5.41, 5.74) is 12.6. The fourth-order valence-electron chi connectivity index (χ4n) is 4.46. The average Bonchev–Trinajstić information content (AvgIpc) is 3.41. The highest BCUT2D eigenvalue weighted by atomic mass is 15.2. The first-order valence-electron chi connectivity index (χ1n) is 12.4. The molecule has 0 aliphatic carbocycles. The summed E-state index contributed by atoms with van der Waals surface area (Å²) in [6.45, 7) is 10.6. The molecule has 0 amide bonds. The minimum Gasteiger partial charge on any atom is -0.154 e. The molecule has 2 heteroatoms. The third-order valence-corrected chi connectivity index (χ3v) is 6.68. The summed E-state index contributed by atoms with van der Waals surface area (Å²) >= 11 is 0. The standard InChI is InChI=1S/C34H30N2/c1-24-9-15-30(16-10-24)26(3)22-28-13-19-32(20-14-28)34-23-33(35-36-34)31-17-11-27(12-18-31)21-25(2)29-7-5-4-6-8-29/h4-20H,2-3,21-23H2,1H3. The van der Waals surface area contributed by atoms with Gasteiger partial charge in [0.15, 0.2) is 0 Å². The van der Waals surface area contributed by atoms with Gasteiger partial charge in [0.2, 0.25) is 0 Å². The molecular weight excluding hydrogens is 436 g/mol. The van der Waals surface area contributed by atoms with Crippen molar-refractivity contribution in [3.63, 3.8) is 0 Å². The predicted octanol–water partition coefficient (Wildman–Crippen LogP) is 8.10. The summed E-state index contributed by atoms with van der Waals surface area (Å²) in [7, 11) is 0. The van der Waals surface area contributed by atoms with Crippen LogP contribution in [-0.2, 0) is 12.8 Å². The van der Waals surface area contributed by atoms with Crippen LogP contribution in [0.1, 0.15) is 45.4 Å². The molecule has 1 aliphatic heterocycles. The molecule has 0 spiro atoms. The van der Waals surface area contributed by atoms with Crippen molar-refractivity contribution >= 4 is 22.6 Å². The molecule has 0 saturated carbocycles. The zero-order chi connectivity index (χ0) is 24.9. The van der Waals surface area contributed by atoms with Crippen LogP contribution >= 0.6 is 0 Å².